The van der Waals surface area contributed by atoms with E-state index in [1.54, 1.807) is 0 Å². The first-order valence-corrected chi connectivity index (χ1v) is 3.98. The fourth-order valence-electron chi connectivity index (χ4n) is 0.998. The van der Waals surface area contributed by atoms with Crippen LogP contribution < -0.4 is 5.43 Å². The maximum Gasteiger partial charge on any atom is 0.311 e. The highest BCUT2D eigenvalue weighted by Gasteiger charge is 2.31. The van der Waals surface area contributed by atoms with Gasteiger partial charge in [0, 0.05) is 5.71 Å². The van der Waals surface area contributed by atoms with E-state index < -0.39 is 17.7 Å². The van der Waals surface area contributed by atoms with Gasteiger partial charge in [-0.05, 0) is 6.42 Å². The molecule has 0 fully saturated rings. The molecule has 0 radical (unpaired) electrons. The summed E-state index contributed by atoms with van der Waals surface area (Å²) in [6, 6.07) is -0.992. The van der Waals surface area contributed by atoms with E-state index in [0.29, 0.717) is 6.42 Å². The Hall–Kier alpha value is -1.59. The molecule has 6 nitrogen and oxygen atoms in total. The summed E-state index contributed by atoms with van der Waals surface area (Å²) in [7, 11) is 0. The quantitative estimate of drug-likeness (QED) is 0.483. The topological polar surface area (TPSA) is 94.7 Å². The van der Waals surface area contributed by atoms with E-state index in [1.165, 1.54) is 0 Å². The molecule has 0 bridgehead atoms. The number of ketones is 1. The molecule has 0 spiro atoms. The Morgan fingerprint density at radius 3 is 2.92 bits per heavy atom. The summed E-state index contributed by atoms with van der Waals surface area (Å²) in [5.41, 5.74) is 2.08. The Bertz CT molecular complexity index is 284. The molecule has 1 atom stereocenters. The first-order valence-electron chi connectivity index (χ1n) is 3.98. The molecule has 6 heteroatoms. The van der Waals surface area contributed by atoms with Crippen molar-refractivity contribution in [1.29, 1.82) is 5.41 Å². The van der Waals surface area contributed by atoms with E-state index in [9.17, 15) is 9.59 Å². The Balaban J connectivity index is 2.74. The summed E-state index contributed by atoms with van der Waals surface area (Å²) in [5, 5.41) is 14.2. The lowest BCUT2D eigenvalue weighted by Gasteiger charge is -2.13. The second kappa shape index (κ2) is 3.88. The van der Waals surface area contributed by atoms with Crippen LogP contribution >= 0.6 is 0 Å². The Morgan fingerprint density at radius 1 is 1.62 bits per heavy atom. The van der Waals surface area contributed by atoms with Crippen LogP contribution in [0.5, 0.6) is 0 Å². The van der Waals surface area contributed by atoms with Gasteiger partial charge in [0.1, 0.15) is 0 Å². The molecule has 2 N–H and O–H groups in total. The van der Waals surface area contributed by atoms with Crippen LogP contribution in [-0.4, -0.2) is 23.4 Å². The maximum atomic E-state index is 11.1. The van der Waals surface area contributed by atoms with Crippen molar-refractivity contribution < 1.29 is 9.59 Å². The molecular weight excluding hydrogens is 172 g/mol. The number of amides is 1. The van der Waals surface area contributed by atoms with E-state index in [0.717, 1.165) is 6.42 Å². The standard InChI is InChI=1S/C7H10N4O2/c1-2-3-4(8)5-6(12)7(13)10-11-9-5/h5,8H,2-3H2,1H3,(H,9,10,13). The van der Waals surface area contributed by atoms with Gasteiger partial charge in [-0.25, -0.2) is 5.43 Å². The largest absolute Gasteiger partial charge is 0.311 e. The van der Waals surface area contributed by atoms with Crippen molar-refractivity contribution in [2.24, 2.45) is 10.3 Å². The Morgan fingerprint density at radius 2 is 2.31 bits per heavy atom. The summed E-state index contributed by atoms with van der Waals surface area (Å²) in [6.45, 7) is 1.89. The van der Waals surface area contributed by atoms with Crippen LogP contribution in [-0.2, 0) is 9.59 Å². The summed E-state index contributed by atoms with van der Waals surface area (Å²) >= 11 is 0. The van der Waals surface area contributed by atoms with E-state index in [4.69, 9.17) is 5.41 Å². The number of carbonyl (C=O) groups is 2. The van der Waals surface area contributed by atoms with Crippen LogP contribution in [0.3, 0.4) is 0 Å². The molecule has 0 aromatic rings. The summed E-state index contributed by atoms with van der Waals surface area (Å²) in [5.74, 6) is -1.49. The van der Waals surface area contributed by atoms with Crippen LogP contribution in [0, 0.1) is 5.41 Å². The third kappa shape index (κ3) is 1.95. The lowest BCUT2D eigenvalue weighted by atomic mass is 10.0. The van der Waals surface area contributed by atoms with Gasteiger partial charge in [-0.2, -0.15) is 5.11 Å². The van der Waals surface area contributed by atoms with Gasteiger partial charge in [-0.3, -0.25) is 9.59 Å². The monoisotopic (exact) mass is 182 g/mol. The van der Waals surface area contributed by atoms with E-state index in [-0.39, 0.29) is 5.71 Å². The molecule has 0 aromatic heterocycles. The molecule has 1 heterocycles. The van der Waals surface area contributed by atoms with Gasteiger partial charge in [0.25, 0.3) is 5.78 Å². The van der Waals surface area contributed by atoms with E-state index in [2.05, 4.69) is 10.3 Å². The van der Waals surface area contributed by atoms with Crippen LogP contribution in [0.4, 0.5) is 0 Å². The summed E-state index contributed by atoms with van der Waals surface area (Å²) in [6.07, 6.45) is 1.21. The summed E-state index contributed by atoms with van der Waals surface area (Å²) < 4.78 is 0. The highest BCUT2D eigenvalue weighted by molar-refractivity contribution is 6.42. The average molecular weight is 182 g/mol. The van der Waals surface area contributed by atoms with Gasteiger partial charge in [-0.1, -0.05) is 18.6 Å². The second-order valence-corrected chi connectivity index (χ2v) is 2.70. The minimum atomic E-state index is -0.992. The Labute approximate surface area is 74.9 Å². The third-order valence-electron chi connectivity index (χ3n) is 1.65. The number of rotatable bonds is 3. The second-order valence-electron chi connectivity index (χ2n) is 2.70. The molecule has 70 valence electrons. The number of nitrogens with one attached hydrogen (secondary N) is 2. The van der Waals surface area contributed by atoms with E-state index in [1.807, 2.05) is 12.3 Å². The molecule has 1 aliphatic rings. The number of Topliss-reactive ketones (excluding diaryl/α,β-unsaturated/α-hetero) is 1. The normalized spacial score (nSPS) is 21.5. The van der Waals surface area contributed by atoms with Crippen molar-refractivity contribution in [3.8, 4) is 0 Å². The highest BCUT2D eigenvalue weighted by atomic mass is 16.2. The van der Waals surface area contributed by atoms with Crippen molar-refractivity contribution in [2.75, 3.05) is 0 Å². The zero-order valence-electron chi connectivity index (χ0n) is 7.20. The lowest BCUT2D eigenvalue weighted by Crippen LogP contribution is -2.42. The van der Waals surface area contributed by atoms with Crippen molar-refractivity contribution in [1.82, 2.24) is 5.43 Å². The minimum Gasteiger partial charge on any atom is -0.307 e. The van der Waals surface area contributed by atoms with Gasteiger partial charge in [-0.15, -0.1) is 0 Å². The predicted molar refractivity (Wildman–Crippen MR) is 44.4 cm³/mol. The van der Waals surface area contributed by atoms with Gasteiger partial charge in [0.05, 0.1) is 0 Å². The molecule has 1 amide bonds. The molecule has 0 aliphatic carbocycles. The molecule has 1 unspecified atom stereocenters. The molecule has 0 saturated heterocycles. The van der Waals surface area contributed by atoms with Gasteiger partial charge in [0.15, 0.2) is 6.04 Å². The minimum absolute atomic E-state index is 0.145. The first-order chi connectivity index (χ1) is 6.16. The molecular formula is C7H10N4O2. The molecule has 13 heavy (non-hydrogen) atoms. The molecule has 0 saturated carbocycles. The van der Waals surface area contributed by atoms with Gasteiger partial charge in [0.2, 0.25) is 0 Å². The fourth-order valence-corrected chi connectivity index (χ4v) is 0.998. The maximum absolute atomic E-state index is 11.1. The zero-order chi connectivity index (χ0) is 9.84. The van der Waals surface area contributed by atoms with Crippen LogP contribution in [0.25, 0.3) is 0 Å². The highest BCUT2D eigenvalue weighted by Crippen LogP contribution is 2.05. The van der Waals surface area contributed by atoms with Crippen molar-refractivity contribution in [2.45, 2.75) is 25.8 Å². The SMILES string of the molecule is CCCC(=N)C1N=NNC(=O)C1=O. The molecule has 1 aliphatic heterocycles. The number of hydrogen-bond acceptors (Lipinski definition) is 5. The predicted octanol–water partition coefficient (Wildman–Crippen LogP) is 0.241. The average Bonchev–Trinajstić information content (AvgIpc) is 2.10. The van der Waals surface area contributed by atoms with Crippen LogP contribution in [0.15, 0.2) is 10.3 Å². The number of carbonyl (C=O) groups excluding carboxylic acids is 2. The smallest absolute Gasteiger partial charge is 0.307 e. The van der Waals surface area contributed by atoms with Crippen molar-refractivity contribution >= 4 is 17.4 Å². The zero-order valence-corrected chi connectivity index (χ0v) is 7.20. The summed E-state index contributed by atoms with van der Waals surface area (Å²) in [4.78, 5) is 21.9. The fraction of sp³-hybridized carbons (Fsp3) is 0.571. The van der Waals surface area contributed by atoms with Crippen molar-refractivity contribution in [3.63, 3.8) is 0 Å². The molecule has 1 rings (SSSR count). The number of nitrogens with zero attached hydrogens (tertiary/aromatic N) is 2. The van der Waals surface area contributed by atoms with Crippen LogP contribution in [0.2, 0.25) is 0 Å². The van der Waals surface area contributed by atoms with Crippen LogP contribution in [0.1, 0.15) is 19.8 Å². The van der Waals surface area contributed by atoms with E-state index >= 15 is 0 Å². The van der Waals surface area contributed by atoms with Gasteiger partial charge < -0.3 is 5.41 Å². The van der Waals surface area contributed by atoms with Crippen molar-refractivity contribution in [3.05, 3.63) is 0 Å². The lowest BCUT2D eigenvalue weighted by molar-refractivity contribution is -0.138. The van der Waals surface area contributed by atoms with Gasteiger partial charge >= 0.3 is 5.91 Å². The first kappa shape index (κ1) is 9.50. The number of hydrogen-bond donors (Lipinski definition) is 2. The third-order valence-corrected chi connectivity index (χ3v) is 1.65. The molecule has 0 aromatic carbocycles. The Kier molecular flexibility index (Phi) is 2.84.